The zero-order valence-corrected chi connectivity index (χ0v) is 15.6. The van der Waals surface area contributed by atoms with E-state index >= 15 is 0 Å². The number of rotatable bonds is 7. The van der Waals surface area contributed by atoms with E-state index in [1.807, 2.05) is 13.3 Å². The first-order valence-corrected chi connectivity index (χ1v) is 9.90. The van der Waals surface area contributed by atoms with Crippen molar-refractivity contribution in [2.75, 3.05) is 20.3 Å². The van der Waals surface area contributed by atoms with Gasteiger partial charge >= 0.3 is 0 Å². The Hall–Kier alpha value is -1.39. The van der Waals surface area contributed by atoms with Gasteiger partial charge in [0, 0.05) is 44.3 Å². The van der Waals surface area contributed by atoms with E-state index in [-0.39, 0.29) is 0 Å². The minimum Gasteiger partial charge on any atom is -0.385 e. The van der Waals surface area contributed by atoms with Crippen LogP contribution in [0.25, 0.3) is 10.9 Å². The Morgan fingerprint density at radius 3 is 2.68 bits per heavy atom. The van der Waals surface area contributed by atoms with Crippen LogP contribution in [0.5, 0.6) is 0 Å². The highest BCUT2D eigenvalue weighted by Crippen LogP contribution is 2.40. The van der Waals surface area contributed by atoms with Gasteiger partial charge in [-0.2, -0.15) is 5.10 Å². The first-order valence-electron chi connectivity index (χ1n) is 9.90. The van der Waals surface area contributed by atoms with Crippen molar-refractivity contribution in [2.24, 2.45) is 11.8 Å². The SMILES string of the molecule is COCCC1CC2CCC(C1)N2CC(C)Cn1ncc2ccccc21. The molecule has 0 saturated carbocycles. The number of para-hydroxylation sites is 1. The molecule has 4 rings (SSSR count). The summed E-state index contributed by atoms with van der Waals surface area (Å²) in [6.07, 6.45) is 8.77. The summed E-state index contributed by atoms with van der Waals surface area (Å²) in [5, 5.41) is 5.86. The van der Waals surface area contributed by atoms with E-state index in [2.05, 4.69) is 45.9 Å². The van der Waals surface area contributed by atoms with Crippen molar-refractivity contribution in [1.29, 1.82) is 0 Å². The molecule has 25 heavy (non-hydrogen) atoms. The summed E-state index contributed by atoms with van der Waals surface area (Å²) in [4.78, 5) is 2.82. The first kappa shape index (κ1) is 17.0. The lowest BCUT2D eigenvalue weighted by Gasteiger charge is -2.40. The molecule has 2 fully saturated rings. The monoisotopic (exact) mass is 341 g/mol. The Balaban J connectivity index is 1.36. The highest BCUT2D eigenvalue weighted by atomic mass is 16.5. The first-order chi connectivity index (χ1) is 12.2. The molecule has 3 atom stereocenters. The van der Waals surface area contributed by atoms with Crippen LogP contribution in [0.3, 0.4) is 0 Å². The molecule has 1 aromatic carbocycles. The number of hydrogen-bond donors (Lipinski definition) is 0. The maximum absolute atomic E-state index is 5.30. The van der Waals surface area contributed by atoms with Crippen LogP contribution in [0.1, 0.15) is 39.0 Å². The molecular weight excluding hydrogens is 310 g/mol. The van der Waals surface area contributed by atoms with Crippen LogP contribution >= 0.6 is 0 Å². The van der Waals surface area contributed by atoms with Gasteiger partial charge in [-0.15, -0.1) is 0 Å². The lowest BCUT2D eigenvalue weighted by atomic mass is 9.88. The zero-order valence-electron chi connectivity index (χ0n) is 15.6. The van der Waals surface area contributed by atoms with Crippen molar-refractivity contribution in [2.45, 2.75) is 57.7 Å². The fraction of sp³-hybridized carbons (Fsp3) is 0.667. The van der Waals surface area contributed by atoms with Gasteiger partial charge in [-0.05, 0) is 50.0 Å². The van der Waals surface area contributed by atoms with Crippen LogP contribution < -0.4 is 0 Å². The predicted molar refractivity (Wildman–Crippen MR) is 102 cm³/mol. The third-order valence-corrected chi connectivity index (χ3v) is 6.27. The fourth-order valence-corrected chi connectivity index (χ4v) is 5.09. The number of hydrogen-bond acceptors (Lipinski definition) is 3. The van der Waals surface area contributed by atoms with Gasteiger partial charge in [0.1, 0.15) is 0 Å². The van der Waals surface area contributed by atoms with E-state index in [0.29, 0.717) is 5.92 Å². The van der Waals surface area contributed by atoms with Crippen LogP contribution in [0, 0.1) is 11.8 Å². The number of fused-ring (bicyclic) bond motifs is 3. The van der Waals surface area contributed by atoms with E-state index in [0.717, 1.165) is 31.2 Å². The lowest BCUT2D eigenvalue weighted by Crippen LogP contribution is -2.45. The molecule has 136 valence electrons. The van der Waals surface area contributed by atoms with Crippen LogP contribution in [-0.4, -0.2) is 47.0 Å². The van der Waals surface area contributed by atoms with Crippen molar-refractivity contribution in [1.82, 2.24) is 14.7 Å². The summed E-state index contributed by atoms with van der Waals surface area (Å²) in [6, 6.07) is 10.1. The predicted octanol–water partition coefficient (Wildman–Crippen LogP) is 3.95. The second-order valence-electron chi connectivity index (χ2n) is 8.19. The number of aromatic nitrogens is 2. The topological polar surface area (TPSA) is 30.3 Å². The average molecular weight is 341 g/mol. The number of ether oxygens (including phenoxy) is 1. The summed E-state index contributed by atoms with van der Waals surface area (Å²) in [5.41, 5.74) is 1.26. The Bertz CT molecular complexity index is 683. The molecule has 2 aliphatic heterocycles. The number of methoxy groups -OCH3 is 1. The molecule has 4 heteroatoms. The fourth-order valence-electron chi connectivity index (χ4n) is 5.09. The van der Waals surface area contributed by atoms with Gasteiger partial charge in [0.05, 0.1) is 11.7 Å². The molecule has 0 N–H and O–H groups in total. The summed E-state index contributed by atoms with van der Waals surface area (Å²) >= 11 is 0. The highest BCUT2D eigenvalue weighted by molar-refractivity contribution is 5.78. The molecule has 0 aliphatic carbocycles. The van der Waals surface area contributed by atoms with E-state index in [9.17, 15) is 0 Å². The van der Waals surface area contributed by atoms with E-state index < -0.39 is 0 Å². The molecule has 0 amide bonds. The second-order valence-corrected chi connectivity index (χ2v) is 8.19. The maximum atomic E-state index is 5.30. The Labute approximate surface area is 151 Å². The summed E-state index contributed by atoms with van der Waals surface area (Å²) in [6.45, 7) is 5.52. The van der Waals surface area contributed by atoms with Crippen LogP contribution in [0.4, 0.5) is 0 Å². The van der Waals surface area contributed by atoms with Crippen molar-refractivity contribution in [3.05, 3.63) is 30.5 Å². The summed E-state index contributed by atoms with van der Waals surface area (Å²) in [5.74, 6) is 1.50. The summed E-state index contributed by atoms with van der Waals surface area (Å²) in [7, 11) is 1.82. The number of piperidine rings is 1. The van der Waals surface area contributed by atoms with Gasteiger partial charge in [0.15, 0.2) is 0 Å². The largest absolute Gasteiger partial charge is 0.385 e. The third-order valence-electron chi connectivity index (χ3n) is 6.27. The average Bonchev–Trinajstić information content (AvgIpc) is 3.11. The van der Waals surface area contributed by atoms with Gasteiger partial charge in [0.2, 0.25) is 0 Å². The molecule has 0 radical (unpaired) electrons. The molecule has 0 spiro atoms. The quantitative estimate of drug-likeness (QED) is 0.764. The van der Waals surface area contributed by atoms with E-state index in [1.165, 1.54) is 49.6 Å². The standard InChI is InChI=1S/C21H31N3O/c1-16(15-24-21-6-4-3-5-18(21)13-22-24)14-23-19-7-8-20(23)12-17(11-19)9-10-25-2/h3-6,13,16-17,19-20H,7-12,14-15H2,1-2H3. The Morgan fingerprint density at radius 1 is 1.16 bits per heavy atom. The van der Waals surface area contributed by atoms with E-state index in [4.69, 9.17) is 4.74 Å². The third kappa shape index (κ3) is 3.61. The Kier molecular flexibility index (Phi) is 5.09. The van der Waals surface area contributed by atoms with Gasteiger partial charge in [-0.25, -0.2) is 0 Å². The van der Waals surface area contributed by atoms with Crippen molar-refractivity contribution < 1.29 is 4.74 Å². The molecule has 2 aliphatic rings. The lowest BCUT2D eigenvalue weighted by molar-refractivity contribution is 0.0700. The normalized spacial score (nSPS) is 27.8. The molecule has 2 saturated heterocycles. The van der Waals surface area contributed by atoms with Crippen molar-refractivity contribution in [3.63, 3.8) is 0 Å². The van der Waals surface area contributed by atoms with Gasteiger partial charge in [-0.1, -0.05) is 25.1 Å². The minimum absolute atomic E-state index is 0.627. The van der Waals surface area contributed by atoms with Gasteiger partial charge < -0.3 is 4.74 Å². The minimum atomic E-state index is 0.627. The van der Waals surface area contributed by atoms with Crippen LogP contribution in [-0.2, 0) is 11.3 Å². The smallest absolute Gasteiger partial charge is 0.0682 e. The molecule has 2 aromatic rings. The summed E-state index contributed by atoms with van der Waals surface area (Å²) < 4.78 is 7.49. The molecule has 3 unspecified atom stereocenters. The molecular formula is C21H31N3O. The zero-order chi connectivity index (χ0) is 17.2. The number of nitrogens with zero attached hydrogens (tertiary/aromatic N) is 3. The van der Waals surface area contributed by atoms with E-state index in [1.54, 1.807) is 0 Å². The van der Waals surface area contributed by atoms with Gasteiger partial charge in [0.25, 0.3) is 0 Å². The maximum Gasteiger partial charge on any atom is 0.0682 e. The second kappa shape index (κ2) is 7.46. The highest BCUT2D eigenvalue weighted by Gasteiger charge is 2.40. The van der Waals surface area contributed by atoms with Crippen molar-refractivity contribution >= 4 is 10.9 Å². The Morgan fingerprint density at radius 2 is 1.92 bits per heavy atom. The number of benzene rings is 1. The van der Waals surface area contributed by atoms with Gasteiger partial charge in [-0.3, -0.25) is 9.58 Å². The molecule has 3 heterocycles. The van der Waals surface area contributed by atoms with Crippen LogP contribution in [0.2, 0.25) is 0 Å². The molecule has 2 bridgehead atoms. The molecule has 4 nitrogen and oxygen atoms in total. The van der Waals surface area contributed by atoms with Crippen molar-refractivity contribution in [3.8, 4) is 0 Å². The molecule has 1 aromatic heterocycles. The van der Waals surface area contributed by atoms with Crippen LogP contribution in [0.15, 0.2) is 30.5 Å².